The first-order valence-electron chi connectivity index (χ1n) is 9.45. The van der Waals surface area contributed by atoms with Gasteiger partial charge in [0.25, 0.3) is 0 Å². The Kier molecular flexibility index (Phi) is 6.07. The predicted octanol–water partition coefficient (Wildman–Crippen LogP) is 3.59. The van der Waals surface area contributed by atoms with Crippen LogP contribution in [0.4, 0.5) is 10.6 Å². The van der Waals surface area contributed by atoms with Gasteiger partial charge in [-0.2, -0.15) is 5.10 Å². The van der Waals surface area contributed by atoms with E-state index in [-0.39, 0.29) is 11.4 Å². The molecule has 3 rings (SSSR count). The molecule has 0 radical (unpaired) electrons. The highest BCUT2D eigenvalue weighted by molar-refractivity contribution is 6.28. The van der Waals surface area contributed by atoms with Gasteiger partial charge < -0.3 is 15.0 Å². The van der Waals surface area contributed by atoms with Crippen LogP contribution in [0, 0.1) is 5.92 Å². The lowest BCUT2D eigenvalue weighted by molar-refractivity contribution is 0.0172. The predicted molar refractivity (Wildman–Crippen MR) is 108 cm³/mol. The molecule has 1 aliphatic rings. The fourth-order valence-corrected chi connectivity index (χ4v) is 3.34. The van der Waals surface area contributed by atoms with Crippen LogP contribution in [-0.2, 0) is 11.8 Å². The van der Waals surface area contributed by atoms with E-state index in [1.54, 1.807) is 15.8 Å². The van der Waals surface area contributed by atoms with Crippen LogP contribution < -0.4 is 5.32 Å². The Balaban J connectivity index is 1.65. The normalized spacial score (nSPS) is 17.5. The van der Waals surface area contributed by atoms with Crippen molar-refractivity contribution in [1.82, 2.24) is 24.6 Å². The van der Waals surface area contributed by atoms with Gasteiger partial charge in [-0.25, -0.2) is 14.8 Å². The van der Waals surface area contributed by atoms with Gasteiger partial charge in [-0.3, -0.25) is 4.68 Å². The molecule has 0 aliphatic carbocycles. The minimum atomic E-state index is -0.489. The van der Waals surface area contributed by atoms with Gasteiger partial charge in [0, 0.05) is 39.1 Å². The number of rotatable bonds is 4. The summed E-state index contributed by atoms with van der Waals surface area (Å²) in [6, 6.07) is 1.91. The van der Waals surface area contributed by atoms with E-state index in [4.69, 9.17) is 16.3 Å². The first-order chi connectivity index (χ1) is 13.2. The Hall–Kier alpha value is -2.35. The van der Waals surface area contributed by atoms with Crippen molar-refractivity contribution in [2.45, 2.75) is 39.2 Å². The molecule has 1 amide bonds. The van der Waals surface area contributed by atoms with E-state index in [2.05, 4.69) is 20.4 Å². The van der Waals surface area contributed by atoms with Crippen LogP contribution in [0.2, 0.25) is 5.28 Å². The van der Waals surface area contributed by atoms with Crippen molar-refractivity contribution < 1.29 is 9.53 Å². The van der Waals surface area contributed by atoms with E-state index in [0.717, 1.165) is 30.6 Å². The number of nitrogens with zero attached hydrogens (tertiary/aromatic N) is 5. The fourth-order valence-electron chi connectivity index (χ4n) is 3.21. The Labute approximate surface area is 170 Å². The summed E-state index contributed by atoms with van der Waals surface area (Å²) in [6.07, 6.45) is 5.27. The molecule has 9 heteroatoms. The smallest absolute Gasteiger partial charge is 0.410 e. The van der Waals surface area contributed by atoms with E-state index >= 15 is 0 Å². The number of hydrogen-bond donors (Lipinski definition) is 1. The van der Waals surface area contributed by atoms with Gasteiger partial charge in [0.05, 0.1) is 11.3 Å². The van der Waals surface area contributed by atoms with Crippen LogP contribution >= 0.6 is 11.6 Å². The molecule has 0 aromatic carbocycles. The Morgan fingerprint density at radius 2 is 2.21 bits per heavy atom. The van der Waals surface area contributed by atoms with E-state index in [0.29, 0.717) is 24.8 Å². The number of carbonyl (C=O) groups is 1. The van der Waals surface area contributed by atoms with Crippen molar-refractivity contribution in [3.8, 4) is 11.3 Å². The van der Waals surface area contributed by atoms with Gasteiger partial charge in [-0.05, 0) is 57.2 Å². The molecule has 2 aromatic heterocycles. The molecular formula is C19H27ClN6O2. The van der Waals surface area contributed by atoms with Crippen molar-refractivity contribution in [1.29, 1.82) is 0 Å². The molecular weight excluding hydrogens is 380 g/mol. The third kappa shape index (κ3) is 5.34. The van der Waals surface area contributed by atoms with Crippen molar-refractivity contribution in [3.05, 3.63) is 23.7 Å². The topological polar surface area (TPSA) is 85.2 Å². The molecule has 1 saturated heterocycles. The number of aryl methyl sites for hydroxylation is 1. The zero-order valence-electron chi connectivity index (χ0n) is 16.8. The van der Waals surface area contributed by atoms with Crippen LogP contribution in [0.3, 0.4) is 0 Å². The number of carbonyl (C=O) groups excluding carboxylic acids is 1. The largest absolute Gasteiger partial charge is 0.444 e. The van der Waals surface area contributed by atoms with E-state index in [9.17, 15) is 4.79 Å². The maximum absolute atomic E-state index is 12.4. The molecule has 2 aromatic rings. The minimum absolute atomic E-state index is 0.182. The molecule has 8 nitrogen and oxygen atoms in total. The summed E-state index contributed by atoms with van der Waals surface area (Å²) in [4.78, 5) is 22.6. The average molecular weight is 407 g/mol. The third-order valence-electron chi connectivity index (χ3n) is 4.48. The number of halogens is 1. The summed E-state index contributed by atoms with van der Waals surface area (Å²) in [6.45, 7) is 7.69. The number of hydrogen-bond acceptors (Lipinski definition) is 6. The number of piperidine rings is 1. The lowest BCUT2D eigenvalue weighted by Gasteiger charge is -2.34. The second kappa shape index (κ2) is 8.34. The lowest BCUT2D eigenvalue weighted by Crippen LogP contribution is -2.44. The highest BCUT2D eigenvalue weighted by atomic mass is 35.5. The highest BCUT2D eigenvalue weighted by Crippen LogP contribution is 2.26. The van der Waals surface area contributed by atoms with Gasteiger partial charge in [0.15, 0.2) is 0 Å². The van der Waals surface area contributed by atoms with Crippen molar-refractivity contribution in [3.63, 3.8) is 0 Å². The van der Waals surface area contributed by atoms with Crippen LogP contribution in [0.5, 0.6) is 0 Å². The maximum atomic E-state index is 12.4. The molecule has 1 fully saturated rings. The van der Waals surface area contributed by atoms with E-state index in [1.807, 2.05) is 40.1 Å². The molecule has 3 heterocycles. The zero-order valence-corrected chi connectivity index (χ0v) is 17.5. The Morgan fingerprint density at radius 3 is 2.89 bits per heavy atom. The molecule has 1 N–H and O–H groups in total. The first kappa shape index (κ1) is 20.4. The van der Waals surface area contributed by atoms with E-state index in [1.165, 1.54) is 0 Å². The maximum Gasteiger partial charge on any atom is 0.410 e. The molecule has 152 valence electrons. The second-order valence-corrected chi connectivity index (χ2v) is 8.43. The number of nitrogens with one attached hydrogen (secondary N) is 1. The summed E-state index contributed by atoms with van der Waals surface area (Å²) >= 11 is 6.00. The first-order valence-corrected chi connectivity index (χ1v) is 9.83. The summed E-state index contributed by atoms with van der Waals surface area (Å²) in [5.74, 6) is 0.944. The third-order valence-corrected chi connectivity index (χ3v) is 4.66. The number of likely N-dealkylation sites (tertiary alicyclic amines) is 1. The number of aromatic nitrogens is 4. The van der Waals surface area contributed by atoms with Crippen LogP contribution in [-0.4, -0.2) is 56.0 Å². The lowest BCUT2D eigenvalue weighted by atomic mass is 9.98. The Morgan fingerprint density at radius 1 is 1.43 bits per heavy atom. The highest BCUT2D eigenvalue weighted by Gasteiger charge is 2.27. The number of anilines is 1. The van der Waals surface area contributed by atoms with Crippen LogP contribution in [0.25, 0.3) is 11.3 Å². The minimum Gasteiger partial charge on any atom is -0.444 e. The molecule has 1 aliphatic heterocycles. The van der Waals surface area contributed by atoms with Gasteiger partial charge in [-0.15, -0.1) is 0 Å². The standard InChI is InChI=1S/C19H27ClN6O2/c1-19(2,3)28-18(27)26-8-5-6-13(12-26)10-21-16-14(11-22-17(20)23-16)15-7-9-25(4)24-15/h7,9,11,13H,5-6,8,10,12H2,1-4H3,(H,21,22,23). The van der Waals surface area contributed by atoms with Gasteiger partial charge in [0.1, 0.15) is 11.4 Å². The van der Waals surface area contributed by atoms with Crippen LogP contribution in [0.1, 0.15) is 33.6 Å². The van der Waals surface area contributed by atoms with Gasteiger partial charge in [0.2, 0.25) is 5.28 Å². The fraction of sp³-hybridized carbons (Fsp3) is 0.579. The molecule has 0 bridgehead atoms. The molecule has 1 atom stereocenters. The van der Waals surface area contributed by atoms with Gasteiger partial charge >= 0.3 is 6.09 Å². The second-order valence-electron chi connectivity index (χ2n) is 8.09. The number of amides is 1. The molecule has 28 heavy (non-hydrogen) atoms. The molecule has 1 unspecified atom stereocenters. The number of ether oxygens (including phenoxy) is 1. The van der Waals surface area contributed by atoms with Crippen molar-refractivity contribution >= 4 is 23.5 Å². The van der Waals surface area contributed by atoms with Crippen molar-refractivity contribution in [2.75, 3.05) is 25.0 Å². The van der Waals surface area contributed by atoms with Crippen LogP contribution in [0.15, 0.2) is 18.5 Å². The van der Waals surface area contributed by atoms with E-state index < -0.39 is 5.60 Å². The monoisotopic (exact) mass is 406 g/mol. The molecule has 0 saturated carbocycles. The summed E-state index contributed by atoms with van der Waals surface area (Å²) in [5, 5.41) is 7.98. The quantitative estimate of drug-likeness (QED) is 0.781. The summed E-state index contributed by atoms with van der Waals surface area (Å²) in [5.41, 5.74) is 1.09. The zero-order chi connectivity index (χ0) is 20.3. The van der Waals surface area contributed by atoms with Crippen molar-refractivity contribution in [2.24, 2.45) is 13.0 Å². The summed E-state index contributed by atoms with van der Waals surface area (Å²) < 4.78 is 7.23. The average Bonchev–Trinajstić information content (AvgIpc) is 3.05. The summed E-state index contributed by atoms with van der Waals surface area (Å²) in [7, 11) is 1.86. The Bertz CT molecular complexity index is 832. The molecule has 0 spiro atoms. The van der Waals surface area contributed by atoms with Gasteiger partial charge in [-0.1, -0.05) is 0 Å². The SMILES string of the molecule is Cn1ccc(-c2cnc(Cl)nc2NCC2CCCN(C(=O)OC(C)(C)C)C2)n1.